The molecule has 0 saturated carbocycles. The summed E-state index contributed by atoms with van der Waals surface area (Å²) in [6, 6.07) is 8.86. The van der Waals surface area contributed by atoms with Crippen LogP contribution < -0.4 is 10.6 Å². The van der Waals surface area contributed by atoms with Crippen LogP contribution in [-0.4, -0.2) is 13.1 Å². The number of benzene rings is 1. The summed E-state index contributed by atoms with van der Waals surface area (Å²) >= 11 is 0. The molecule has 0 bridgehead atoms. The molecule has 20 heavy (non-hydrogen) atoms. The lowest BCUT2D eigenvalue weighted by atomic mass is 9.74. The van der Waals surface area contributed by atoms with E-state index in [2.05, 4.69) is 49.9 Å². The zero-order valence-corrected chi connectivity index (χ0v) is 13.4. The first-order valence-corrected chi connectivity index (χ1v) is 8.25. The maximum absolute atomic E-state index is 6.28. The third kappa shape index (κ3) is 3.01. The predicted octanol–water partition coefficient (Wildman–Crippen LogP) is 4.50. The molecule has 0 aromatic heterocycles. The standard InChI is InChI=1S/C18H30N2/c1-4-16(19)15-9-7-8-10-17(15)20-13-11-18(5-2,6-3)12-14-20/h7-10,16H,4-6,11-14,19H2,1-3H3/t16-/m0/s1. The number of nitrogens with two attached hydrogens (primary N) is 1. The lowest BCUT2D eigenvalue weighted by Crippen LogP contribution is -2.40. The lowest BCUT2D eigenvalue weighted by molar-refractivity contribution is 0.199. The first-order valence-electron chi connectivity index (χ1n) is 8.25. The zero-order valence-electron chi connectivity index (χ0n) is 13.4. The lowest BCUT2D eigenvalue weighted by Gasteiger charge is -2.42. The Balaban J connectivity index is 2.15. The molecule has 1 fully saturated rings. The summed E-state index contributed by atoms with van der Waals surface area (Å²) < 4.78 is 0. The van der Waals surface area contributed by atoms with Gasteiger partial charge >= 0.3 is 0 Å². The van der Waals surface area contributed by atoms with Crippen molar-refractivity contribution in [2.45, 2.75) is 58.9 Å². The van der Waals surface area contributed by atoms with Crippen molar-refractivity contribution < 1.29 is 0 Å². The van der Waals surface area contributed by atoms with Gasteiger partial charge in [0.05, 0.1) is 0 Å². The van der Waals surface area contributed by atoms with Crippen molar-refractivity contribution >= 4 is 5.69 Å². The van der Waals surface area contributed by atoms with Gasteiger partial charge in [-0.15, -0.1) is 0 Å². The van der Waals surface area contributed by atoms with Gasteiger partial charge < -0.3 is 10.6 Å². The number of rotatable bonds is 5. The van der Waals surface area contributed by atoms with Crippen LogP contribution in [0, 0.1) is 5.41 Å². The molecule has 1 saturated heterocycles. The first kappa shape index (κ1) is 15.4. The average Bonchev–Trinajstić information content (AvgIpc) is 2.54. The summed E-state index contributed by atoms with van der Waals surface area (Å²) in [6.07, 6.45) is 6.25. The summed E-state index contributed by atoms with van der Waals surface area (Å²) in [6.45, 7) is 9.21. The number of piperidine rings is 1. The molecule has 2 N–H and O–H groups in total. The van der Waals surface area contributed by atoms with Crippen LogP contribution in [0.4, 0.5) is 5.69 Å². The number of para-hydroxylation sites is 1. The second-order valence-electron chi connectivity index (χ2n) is 6.27. The summed E-state index contributed by atoms with van der Waals surface area (Å²) in [5, 5.41) is 0. The molecule has 1 aliphatic rings. The third-order valence-corrected chi connectivity index (χ3v) is 5.44. The minimum atomic E-state index is 0.162. The quantitative estimate of drug-likeness (QED) is 0.856. The number of hydrogen-bond acceptors (Lipinski definition) is 2. The van der Waals surface area contributed by atoms with E-state index in [9.17, 15) is 0 Å². The van der Waals surface area contributed by atoms with E-state index < -0.39 is 0 Å². The van der Waals surface area contributed by atoms with E-state index >= 15 is 0 Å². The molecule has 0 unspecified atom stereocenters. The summed E-state index contributed by atoms with van der Waals surface area (Å²) in [5.74, 6) is 0. The van der Waals surface area contributed by atoms with Gasteiger partial charge in [-0.25, -0.2) is 0 Å². The Morgan fingerprint density at radius 2 is 1.70 bits per heavy atom. The molecule has 0 aliphatic carbocycles. The fraction of sp³-hybridized carbons (Fsp3) is 0.667. The third-order valence-electron chi connectivity index (χ3n) is 5.44. The van der Waals surface area contributed by atoms with Crippen LogP contribution in [0.1, 0.15) is 64.5 Å². The molecule has 2 nitrogen and oxygen atoms in total. The first-order chi connectivity index (χ1) is 9.65. The molecule has 0 radical (unpaired) electrons. The van der Waals surface area contributed by atoms with Gasteiger partial charge in [-0.3, -0.25) is 0 Å². The Morgan fingerprint density at radius 1 is 1.10 bits per heavy atom. The van der Waals surface area contributed by atoms with Crippen molar-refractivity contribution in [1.82, 2.24) is 0 Å². The second kappa shape index (κ2) is 6.62. The highest BCUT2D eigenvalue weighted by molar-refractivity contribution is 5.55. The number of nitrogens with zero attached hydrogens (tertiary/aromatic N) is 1. The highest BCUT2D eigenvalue weighted by Crippen LogP contribution is 2.40. The normalized spacial score (nSPS) is 19.9. The van der Waals surface area contributed by atoms with Crippen LogP contribution in [0.5, 0.6) is 0 Å². The van der Waals surface area contributed by atoms with E-state index in [1.807, 2.05) is 0 Å². The minimum absolute atomic E-state index is 0.162. The molecule has 0 amide bonds. The summed E-state index contributed by atoms with van der Waals surface area (Å²) in [7, 11) is 0. The van der Waals surface area contributed by atoms with Crippen molar-refractivity contribution in [1.29, 1.82) is 0 Å². The van der Waals surface area contributed by atoms with Crippen LogP contribution >= 0.6 is 0 Å². The zero-order chi connectivity index (χ0) is 14.6. The van der Waals surface area contributed by atoms with Crippen LogP contribution in [0.15, 0.2) is 24.3 Å². The van der Waals surface area contributed by atoms with E-state index in [0.29, 0.717) is 5.41 Å². The molecule has 2 heteroatoms. The van der Waals surface area contributed by atoms with E-state index in [0.717, 1.165) is 6.42 Å². The SMILES string of the molecule is CC[C@H](N)c1ccccc1N1CCC(CC)(CC)CC1. The van der Waals surface area contributed by atoms with Gasteiger partial charge in [-0.1, -0.05) is 51.8 Å². The van der Waals surface area contributed by atoms with Gasteiger partial charge in [-0.05, 0) is 36.3 Å². The van der Waals surface area contributed by atoms with Gasteiger partial charge in [0.1, 0.15) is 0 Å². The molecular weight excluding hydrogens is 244 g/mol. The van der Waals surface area contributed by atoms with Gasteiger partial charge in [0.25, 0.3) is 0 Å². The topological polar surface area (TPSA) is 29.3 Å². The van der Waals surface area contributed by atoms with Crippen LogP contribution in [-0.2, 0) is 0 Å². The highest BCUT2D eigenvalue weighted by Gasteiger charge is 2.31. The van der Waals surface area contributed by atoms with Crippen molar-refractivity contribution in [2.24, 2.45) is 11.1 Å². The van der Waals surface area contributed by atoms with E-state index in [1.165, 1.54) is 50.0 Å². The van der Waals surface area contributed by atoms with Crippen molar-refractivity contribution in [2.75, 3.05) is 18.0 Å². The molecule has 1 atom stereocenters. The predicted molar refractivity (Wildman–Crippen MR) is 88.1 cm³/mol. The van der Waals surface area contributed by atoms with Gasteiger partial charge in [0, 0.05) is 24.8 Å². The number of anilines is 1. The molecule has 1 aromatic rings. The van der Waals surface area contributed by atoms with Crippen molar-refractivity contribution in [3.8, 4) is 0 Å². The average molecular weight is 274 g/mol. The molecule has 1 heterocycles. The van der Waals surface area contributed by atoms with Gasteiger partial charge in [0.2, 0.25) is 0 Å². The fourth-order valence-corrected chi connectivity index (χ4v) is 3.49. The smallest absolute Gasteiger partial charge is 0.0414 e. The molecule has 2 rings (SSSR count). The number of hydrogen-bond donors (Lipinski definition) is 1. The van der Waals surface area contributed by atoms with Crippen LogP contribution in [0.2, 0.25) is 0 Å². The fourth-order valence-electron chi connectivity index (χ4n) is 3.49. The molecule has 1 aromatic carbocycles. The van der Waals surface area contributed by atoms with Crippen LogP contribution in [0.3, 0.4) is 0 Å². The molecule has 112 valence electrons. The largest absolute Gasteiger partial charge is 0.371 e. The molecular formula is C18H30N2. The van der Waals surface area contributed by atoms with E-state index in [1.54, 1.807) is 0 Å². The summed E-state index contributed by atoms with van der Waals surface area (Å²) in [5.41, 5.74) is 9.54. The Labute approximate surface area is 124 Å². The maximum Gasteiger partial charge on any atom is 0.0414 e. The monoisotopic (exact) mass is 274 g/mol. The minimum Gasteiger partial charge on any atom is -0.371 e. The van der Waals surface area contributed by atoms with Crippen molar-refractivity contribution in [3.05, 3.63) is 29.8 Å². The van der Waals surface area contributed by atoms with Crippen LogP contribution in [0.25, 0.3) is 0 Å². The van der Waals surface area contributed by atoms with Gasteiger partial charge in [0.15, 0.2) is 0 Å². The molecule has 1 aliphatic heterocycles. The van der Waals surface area contributed by atoms with Crippen molar-refractivity contribution in [3.63, 3.8) is 0 Å². The Hall–Kier alpha value is -1.02. The second-order valence-corrected chi connectivity index (χ2v) is 6.27. The highest BCUT2D eigenvalue weighted by atomic mass is 15.1. The molecule has 0 spiro atoms. The van der Waals surface area contributed by atoms with E-state index in [4.69, 9.17) is 5.73 Å². The Bertz CT molecular complexity index is 413. The maximum atomic E-state index is 6.28. The summed E-state index contributed by atoms with van der Waals surface area (Å²) in [4.78, 5) is 2.55. The Kier molecular flexibility index (Phi) is 5.09. The Morgan fingerprint density at radius 3 is 2.25 bits per heavy atom. The van der Waals surface area contributed by atoms with E-state index in [-0.39, 0.29) is 6.04 Å². The van der Waals surface area contributed by atoms with Gasteiger partial charge in [-0.2, -0.15) is 0 Å².